The van der Waals surface area contributed by atoms with Gasteiger partial charge in [0.25, 0.3) is 0 Å². The summed E-state index contributed by atoms with van der Waals surface area (Å²) in [4.78, 5) is 11.3. The molecule has 18 heavy (non-hydrogen) atoms. The number of benzene rings is 1. The lowest BCUT2D eigenvalue weighted by atomic mass is 9.96. The monoisotopic (exact) mass is 246 g/mol. The van der Waals surface area contributed by atoms with E-state index in [1.54, 1.807) is 0 Å². The van der Waals surface area contributed by atoms with Crippen molar-refractivity contribution in [3.63, 3.8) is 0 Å². The molecule has 0 radical (unpaired) electrons. The third-order valence-corrected chi connectivity index (χ3v) is 3.54. The summed E-state index contributed by atoms with van der Waals surface area (Å²) in [6.45, 7) is 4.50. The van der Waals surface area contributed by atoms with Crippen LogP contribution in [0.5, 0.6) is 0 Å². The Morgan fingerprint density at radius 2 is 2.11 bits per heavy atom. The first kappa shape index (κ1) is 13.1. The van der Waals surface area contributed by atoms with Gasteiger partial charge in [-0.1, -0.05) is 26.0 Å². The van der Waals surface area contributed by atoms with Crippen molar-refractivity contribution in [1.29, 1.82) is 0 Å². The number of anilines is 1. The molecule has 0 bridgehead atoms. The number of amides is 1. The smallest absolute Gasteiger partial charge is 0.228 e. The normalized spacial score (nSPS) is 15.7. The molecule has 1 amide bonds. The van der Waals surface area contributed by atoms with Crippen LogP contribution in [0.2, 0.25) is 0 Å². The molecule has 1 atom stereocenters. The van der Waals surface area contributed by atoms with Crippen LogP contribution in [0.3, 0.4) is 0 Å². The van der Waals surface area contributed by atoms with Crippen molar-refractivity contribution >= 4 is 11.6 Å². The zero-order chi connectivity index (χ0) is 13.1. The Morgan fingerprint density at radius 3 is 2.78 bits per heavy atom. The van der Waals surface area contributed by atoms with Crippen LogP contribution >= 0.6 is 0 Å². The standard InChI is InChI=1S/C15H22N2O/c1-10(2)4-6-13(16-3)11-5-7-14-12(8-11)9-15(18)17-14/h5,7-8,10,13,16H,4,6,9H2,1-3H3,(H,17,18). The molecule has 1 unspecified atom stereocenters. The Hall–Kier alpha value is -1.35. The highest BCUT2D eigenvalue weighted by Gasteiger charge is 2.19. The zero-order valence-corrected chi connectivity index (χ0v) is 11.4. The summed E-state index contributed by atoms with van der Waals surface area (Å²) in [6, 6.07) is 6.68. The molecule has 0 aliphatic carbocycles. The summed E-state index contributed by atoms with van der Waals surface area (Å²) in [7, 11) is 2.00. The summed E-state index contributed by atoms with van der Waals surface area (Å²) in [5.41, 5.74) is 3.39. The molecular formula is C15H22N2O. The van der Waals surface area contributed by atoms with Gasteiger partial charge in [0, 0.05) is 11.7 Å². The minimum absolute atomic E-state index is 0.102. The largest absolute Gasteiger partial charge is 0.326 e. The summed E-state index contributed by atoms with van der Waals surface area (Å²) >= 11 is 0. The third kappa shape index (κ3) is 2.91. The van der Waals surface area contributed by atoms with Gasteiger partial charge in [0.05, 0.1) is 6.42 Å². The second-order valence-electron chi connectivity index (χ2n) is 5.45. The topological polar surface area (TPSA) is 41.1 Å². The van der Waals surface area contributed by atoms with E-state index in [9.17, 15) is 4.79 Å². The van der Waals surface area contributed by atoms with Gasteiger partial charge in [0.1, 0.15) is 0 Å². The summed E-state index contributed by atoms with van der Waals surface area (Å²) in [6.07, 6.45) is 2.86. The molecule has 1 aliphatic heterocycles. The summed E-state index contributed by atoms with van der Waals surface area (Å²) in [5, 5.41) is 6.24. The number of nitrogens with one attached hydrogen (secondary N) is 2. The fraction of sp³-hybridized carbons (Fsp3) is 0.533. The summed E-state index contributed by atoms with van der Waals surface area (Å²) < 4.78 is 0. The van der Waals surface area contributed by atoms with Crippen LogP contribution in [-0.2, 0) is 11.2 Å². The highest BCUT2D eigenvalue weighted by Crippen LogP contribution is 2.28. The Kier molecular flexibility index (Phi) is 4.02. The first-order valence-corrected chi connectivity index (χ1v) is 6.70. The van der Waals surface area contributed by atoms with Crippen LogP contribution in [-0.4, -0.2) is 13.0 Å². The second kappa shape index (κ2) is 5.53. The van der Waals surface area contributed by atoms with Crippen LogP contribution in [0.15, 0.2) is 18.2 Å². The molecule has 2 N–H and O–H groups in total. The van der Waals surface area contributed by atoms with Gasteiger partial charge in [-0.05, 0) is 43.0 Å². The van der Waals surface area contributed by atoms with Crippen molar-refractivity contribution < 1.29 is 4.79 Å². The van der Waals surface area contributed by atoms with Crippen molar-refractivity contribution in [2.24, 2.45) is 5.92 Å². The van der Waals surface area contributed by atoms with Crippen LogP contribution in [0.1, 0.15) is 43.9 Å². The molecule has 3 nitrogen and oxygen atoms in total. The minimum Gasteiger partial charge on any atom is -0.326 e. The number of hydrogen-bond donors (Lipinski definition) is 2. The van der Waals surface area contributed by atoms with Gasteiger partial charge in [-0.3, -0.25) is 4.79 Å². The van der Waals surface area contributed by atoms with Crippen LogP contribution in [0.25, 0.3) is 0 Å². The third-order valence-electron chi connectivity index (χ3n) is 3.54. The maximum Gasteiger partial charge on any atom is 0.228 e. The van der Waals surface area contributed by atoms with Gasteiger partial charge in [0.15, 0.2) is 0 Å². The van der Waals surface area contributed by atoms with Crippen molar-refractivity contribution in [3.8, 4) is 0 Å². The van der Waals surface area contributed by atoms with Crippen LogP contribution < -0.4 is 10.6 Å². The highest BCUT2D eigenvalue weighted by atomic mass is 16.1. The Labute approximate surface area is 109 Å². The maximum absolute atomic E-state index is 11.3. The molecule has 0 fully saturated rings. The first-order valence-electron chi connectivity index (χ1n) is 6.70. The van der Waals surface area contributed by atoms with E-state index in [0.717, 1.165) is 23.6 Å². The van der Waals surface area contributed by atoms with E-state index < -0.39 is 0 Å². The zero-order valence-electron chi connectivity index (χ0n) is 11.4. The molecular weight excluding hydrogens is 224 g/mol. The van der Waals surface area contributed by atoms with Gasteiger partial charge in [-0.25, -0.2) is 0 Å². The Morgan fingerprint density at radius 1 is 1.33 bits per heavy atom. The van der Waals surface area contributed by atoms with E-state index in [-0.39, 0.29) is 5.91 Å². The second-order valence-corrected chi connectivity index (χ2v) is 5.45. The van der Waals surface area contributed by atoms with E-state index in [1.807, 2.05) is 13.1 Å². The van der Waals surface area contributed by atoms with Gasteiger partial charge in [-0.2, -0.15) is 0 Å². The van der Waals surface area contributed by atoms with Crippen LogP contribution in [0.4, 0.5) is 5.69 Å². The molecule has 0 spiro atoms. The molecule has 3 heteroatoms. The molecule has 1 heterocycles. The van der Waals surface area contributed by atoms with Gasteiger partial charge < -0.3 is 10.6 Å². The van der Waals surface area contributed by atoms with E-state index in [1.165, 1.54) is 12.0 Å². The van der Waals surface area contributed by atoms with Gasteiger partial charge in [-0.15, -0.1) is 0 Å². The number of hydrogen-bond acceptors (Lipinski definition) is 2. The average molecular weight is 246 g/mol. The molecule has 98 valence electrons. The van der Waals surface area contributed by atoms with Crippen molar-refractivity contribution in [2.75, 3.05) is 12.4 Å². The SMILES string of the molecule is CNC(CCC(C)C)c1ccc2c(c1)CC(=O)N2. The molecule has 1 aromatic rings. The highest BCUT2D eigenvalue weighted by molar-refractivity contribution is 5.99. The molecule has 2 rings (SSSR count). The number of carbonyl (C=O) groups is 1. The number of fused-ring (bicyclic) bond motifs is 1. The van der Waals surface area contributed by atoms with Crippen molar-refractivity contribution in [1.82, 2.24) is 5.32 Å². The molecule has 0 saturated carbocycles. The number of rotatable bonds is 5. The molecule has 0 saturated heterocycles. The lowest BCUT2D eigenvalue weighted by Gasteiger charge is -2.18. The van der Waals surface area contributed by atoms with Crippen molar-refractivity contribution in [2.45, 2.75) is 39.2 Å². The minimum atomic E-state index is 0.102. The Balaban J connectivity index is 2.12. The quantitative estimate of drug-likeness (QED) is 0.838. The average Bonchev–Trinajstić information content (AvgIpc) is 2.68. The van der Waals surface area contributed by atoms with E-state index in [4.69, 9.17) is 0 Å². The molecule has 0 aromatic heterocycles. The predicted molar refractivity (Wildman–Crippen MR) is 74.6 cm³/mol. The van der Waals surface area contributed by atoms with E-state index in [0.29, 0.717) is 12.5 Å². The first-order chi connectivity index (χ1) is 8.60. The van der Waals surface area contributed by atoms with E-state index >= 15 is 0 Å². The van der Waals surface area contributed by atoms with E-state index in [2.05, 4.69) is 36.6 Å². The lowest BCUT2D eigenvalue weighted by Crippen LogP contribution is -2.17. The molecule has 1 aliphatic rings. The van der Waals surface area contributed by atoms with Crippen molar-refractivity contribution in [3.05, 3.63) is 29.3 Å². The lowest BCUT2D eigenvalue weighted by molar-refractivity contribution is -0.115. The predicted octanol–water partition coefficient (Wildman–Crippen LogP) is 2.88. The molecule has 1 aromatic carbocycles. The van der Waals surface area contributed by atoms with Gasteiger partial charge in [0.2, 0.25) is 5.91 Å². The van der Waals surface area contributed by atoms with Crippen LogP contribution in [0, 0.1) is 5.92 Å². The number of carbonyl (C=O) groups excluding carboxylic acids is 1. The Bertz CT molecular complexity index is 440. The maximum atomic E-state index is 11.3. The fourth-order valence-corrected chi connectivity index (χ4v) is 2.44. The fourth-order valence-electron chi connectivity index (χ4n) is 2.44. The summed E-state index contributed by atoms with van der Waals surface area (Å²) in [5.74, 6) is 0.823. The van der Waals surface area contributed by atoms with Gasteiger partial charge >= 0.3 is 0 Å².